The van der Waals surface area contributed by atoms with Crippen molar-refractivity contribution in [2.75, 3.05) is 19.8 Å². The lowest BCUT2D eigenvalue weighted by Gasteiger charge is -2.14. The number of fused-ring (bicyclic) bond motifs is 1. The molecule has 0 aliphatic rings. The maximum Gasteiger partial charge on any atom is 0.338 e. The average molecular weight is 475 g/mol. The molecular formula is C27H26N2O6. The Bertz CT molecular complexity index is 1370. The minimum absolute atomic E-state index is 0.127. The van der Waals surface area contributed by atoms with E-state index in [9.17, 15) is 9.59 Å². The number of hydrogen-bond donors (Lipinski definition) is 0. The Balaban J connectivity index is 1.39. The Morgan fingerprint density at radius 2 is 1.71 bits per heavy atom. The van der Waals surface area contributed by atoms with Crippen molar-refractivity contribution in [1.29, 1.82) is 0 Å². The van der Waals surface area contributed by atoms with Crippen LogP contribution >= 0.6 is 0 Å². The van der Waals surface area contributed by atoms with Crippen molar-refractivity contribution in [3.8, 4) is 17.2 Å². The number of para-hydroxylation sites is 1. The van der Waals surface area contributed by atoms with Gasteiger partial charge in [-0.2, -0.15) is 0 Å². The van der Waals surface area contributed by atoms with Gasteiger partial charge in [-0.3, -0.25) is 9.20 Å². The Labute approximate surface area is 202 Å². The van der Waals surface area contributed by atoms with Crippen molar-refractivity contribution in [2.24, 2.45) is 0 Å². The number of hydrogen-bond acceptors (Lipinski definition) is 7. The topological polar surface area (TPSA) is 88.4 Å². The molecule has 0 unspecified atom stereocenters. The number of nitrogens with zero attached hydrogens (tertiary/aromatic N) is 2. The van der Waals surface area contributed by atoms with E-state index in [0.29, 0.717) is 48.2 Å². The number of pyridine rings is 1. The highest BCUT2D eigenvalue weighted by Gasteiger charge is 2.14. The monoisotopic (exact) mass is 474 g/mol. The maximum absolute atomic E-state index is 12.7. The molecule has 8 heteroatoms. The van der Waals surface area contributed by atoms with Crippen LogP contribution in [0.15, 0.2) is 77.7 Å². The van der Waals surface area contributed by atoms with Crippen LogP contribution in [0.5, 0.6) is 17.2 Å². The van der Waals surface area contributed by atoms with Gasteiger partial charge < -0.3 is 18.9 Å². The molecule has 2 heterocycles. The fourth-order valence-corrected chi connectivity index (χ4v) is 3.40. The predicted molar refractivity (Wildman–Crippen MR) is 130 cm³/mol. The quantitative estimate of drug-likeness (QED) is 0.251. The number of esters is 1. The molecule has 4 aromatic rings. The van der Waals surface area contributed by atoms with Gasteiger partial charge in [0.2, 0.25) is 0 Å². The summed E-state index contributed by atoms with van der Waals surface area (Å²) < 4.78 is 23.9. The zero-order valence-electron chi connectivity index (χ0n) is 19.6. The van der Waals surface area contributed by atoms with Gasteiger partial charge in [0, 0.05) is 12.3 Å². The molecule has 0 aliphatic heterocycles. The van der Waals surface area contributed by atoms with Gasteiger partial charge in [0.1, 0.15) is 31.2 Å². The number of aryl methyl sites for hydroxylation is 1. The summed E-state index contributed by atoms with van der Waals surface area (Å²) in [5.41, 5.74) is 1.91. The molecule has 0 spiro atoms. The van der Waals surface area contributed by atoms with Crippen molar-refractivity contribution in [1.82, 2.24) is 9.38 Å². The van der Waals surface area contributed by atoms with E-state index in [1.54, 1.807) is 30.5 Å². The molecule has 0 atom stereocenters. The normalized spacial score (nSPS) is 10.7. The Morgan fingerprint density at radius 1 is 0.914 bits per heavy atom. The number of rotatable bonds is 10. The fraction of sp³-hybridized carbons (Fsp3) is 0.222. The zero-order valence-corrected chi connectivity index (χ0v) is 19.6. The van der Waals surface area contributed by atoms with E-state index in [0.717, 1.165) is 11.3 Å². The summed E-state index contributed by atoms with van der Waals surface area (Å²) in [6.45, 7) is 4.70. The number of carbonyl (C=O) groups is 1. The van der Waals surface area contributed by atoms with Crippen LogP contribution in [0.4, 0.5) is 0 Å². The number of benzene rings is 2. The third kappa shape index (κ3) is 6.17. The fourth-order valence-electron chi connectivity index (χ4n) is 3.40. The molecule has 0 radical (unpaired) electrons. The molecule has 4 rings (SSSR count). The van der Waals surface area contributed by atoms with Gasteiger partial charge >= 0.3 is 5.97 Å². The number of ether oxygens (including phenoxy) is 4. The largest absolute Gasteiger partial charge is 0.490 e. The standard InChI is InChI=1S/C27H26N2O6/c1-3-32-24-16-20(9-10-23(24)34-14-13-33-22-7-5-4-6-8-22)27(31)35-18-21-17-26(30)29-12-11-19(2)15-25(29)28-21/h4-12,15-17H,3,13-14,18H2,1-2H3. The summed E-state index contributed by atoms with van der Waals surface area (Å²) in [4.78, 5) is 29.4. The molecule has 180 valence electrons. The Kier molecular flexibility index (Phi) is 7.62. The van der Waals surface area contributed by atoms with E-state index in [4.69, 9.17) is 18.9 Å². The van der Waals surface area contributed by atoms with Crippen LogP contribution in [-0.4, -0.2) is 35.2 Å². The van der Waals surface area contributed by atoms with Gasteiger partial charge in [-0.15, -0.1) is 0 Å². The third-order valence-electron chi connectivity index (χ3n) is 5.06. The van der Waals surface area contributed by atoms with Crippen molar-refractivity contribution in [2.45, 2.75) is 20.5 Å². The molecular weight excluding hydrogens is 448 g/mol. The Hall–Kier alpha value is -4.33. The van der Waals surface area contributed by atoms with Crippen LogP contribution in [0.2, 0.25) is 0 Å². The van der Waals surface area contributed by atoms with Crippen molar-refractivity contribution >= 4 is 11.6 Å². The number of carbonyl (C=O) groups excluding carboxylic acids is 1. The van der Waals surface area contributed by atoms with Gasteiger partial charge in [-0.1, -0.05) is 18.2 Å². The molecule has 8 nitrogen and oxygen atoms in total. The van der Waals surface area contributed by atoms with Gasteiger partial charge in [0.15, 0.2) is 11.5 Å². The molecule has 0 saturated heterocycles. The molecule has 0 saturated carbocycles. The molecule has 0 fully saturated rings. The lowest BCUT2D eigenvalue weighted by atomic mass is 10.2. The molecule has 2 aromatic heterocycles. The van der Waals surface area contributed by atoms with Gasteiger partial charge in [0.25, 0.3) is 5.56 Å². The lowest BCUT2D eigenvalue weighted by Crippen LogP contribution is -2.16. The summed E-state index contributed by atoms with van der Waals surface area (Å²) in [7, 11) is 0. The van der Waals surface area contributed by atoms with Crippen LogP contribution in [0, 0.1) is 6.92 Å². The first-order valence-corrected chi connectivity index (χ1v) is 11.3. The second-order valence-electron chi connectivity index (χ2n) is 7.70. The van der Waals surface area contributed by atoms with Gasteiger partial charge in [-0.25, -0.2) is 9.78 Å². The van der Waals surface area contributed by atoms with Crippen molar-refractivity contribution < 1.29 is 23.7 Å². The maximum atomic E-state index is 12.7. The van der Waals surface area contributed by atoms with E-state index in [1.807, 2.05) is 50.2 Å². The summed E-state index contributed by atoms with van der Waals surface area (Å²) in [5, 5.41) is 0. The van der Waals surface area contributed by atoms with Gasteiger partial charge in [0.05, 0.1) is 17.9 Å². The van der Waals surface area contributed by atoms with E-state index in [1.165, 1.54) is 10.5 Å². The summed E-state index contributed by atoms with van der Waals surface area (Å²) in [6, 6.07) is 19.3. The first-order chi connectivity index (χ1) is 17.0. The van der Waals surface area contributed by atoms with E-state index in [-0.39, 0.29) is 12.2 Å². The van der Waals surface area contributed by atoms with Crippen LogP contribution < -0.4 is 19.8 Å². The number of aromatic nitrogens is 2. The summed E-state index contributed by atoms with van der Waals surface area (Å²) >= 11 is 0. The SMILES string of the molecule is CCOc1cc(C(=O)OCc2cc(=O)n3ccc(C)cc3n2)ccc1OCCOc1ccccc1. The average Bonchev–Trinajstić information content (AvgIpc) is 2.86. The van der Waals surface area contributed by atoms with Crippen LogP contribution in [0.1, 0.15) is 28.5 Å². The lowest BCUT2D eigenvalue weighted by molar-refractivity contribution is 0.0467. The van der Waals surface area contributed by atoms with Crippen molar-refractivity contribution in [3.05, 3.63) is 100 Å². The molecule has 0 amide bonds. The molecule has 0 aliphatic carbocycles. The predicted octanol–water partition coefficient (Wildman–Crippen LogP) is 4.22. The van der Waals surface area contributed by atoms with Crippen LogP contribution in [-0.2, 0) is 11.3 Å². The Morgan fingerprint density at radius 3 is 2.51 bits per heavy atom. The summed E-state index contributed by atoms with van der Waals surface area (Å²) in [6.07, 6.45) is 1.67. The molecule has 0 bridgehead atoms. The van der Waals surface area contributed by atoms with Crippen molar-refractivity contribution in [3.63, 3.8) is 0 Å². The van der Waals surface area contributed by atoms with Gasteiger partial charge in [-0.05, 0) is 61.9 Å². The second-order valence-corrected chi connectivity index (χ2v) is 7.70. The highest BCUT2D eigenvalue weighted by atomic mass is 16.5. The second kappa shape index (κ2) is 11.2. The van der Waals surface area contributed by atoms with E-state index < -0.39 is 5.97 Å². The van der Waals surface area contributed by atoms with E-state index >= 15 is 0 Å². The smallest absolute Gasteiger partial charge is 0.338 e. The molecule has 2 aromatic carbocycles. The first-order valence-electron chi connectivity index (χ1n) is 11.3. The summed E-state index contributed by atoms with van der Waals surface area (Å²) in [5.74, 6) is 1.13. The molecule has 0 N–H and O–H groups in total. The molecule has 35 heavy (non-hydrogen) atoms. The van der Waals surface area contributed by atoms with Crippen LogP contribution in [0.25, 0.3) is 5.65 Å². The zero-order chi connectivity index (χ0) is 24.6. The minimum Gasteiger partial charge on any atom is -0.490 e. The highest BCUT2D eigenvalue weighted by molar-refractivity contribution is 5.90. The minimum atomic E-state index is -0.559. The first kappa shape index (κ1) is 23.8. The van der Waals surface area contributed by atoms with Crippen LogP contribution in [0.3, 0.4) is 0 Å². The highest BCUT2D eigenvalue weighted by Crippen LogP contribution is 2.29. The van der Waals surface area contributed by atoms with E-state index in [2.05, 4.69) is 4.98 Å². The third-order valence-corrected chi connectivity index (χ3v) is 5.06.